The van der Waals surface area contributed by atoms with Gasteiger partial charge in [-0.1, -0.05) is 35.1 Å². The first-order valence-corrected chi connectivity index (χ1v) is 9.02. The number of aryl methyl sites for hydroxylation is 1. The number of nitro benzene ring substituents is 1. The molecule has 1 N–H and O–H groups in total. The maximum absolute atomic E-state index is 12.9. The fourth-order valence-electron chi connectivity index (χ4n) is 3.38. The highest BCUT2D eigenvalue weighted by Gasteiger charge is 2.55. The third kappa shape index (κ3) is 3.26. The van der Waals surface area contributed by atoms with E-state index in [1.807, 2.05) is 6.92 Å². The van der Waals surface area contributed by atoms with Crippen LogP contribution in [0.15, 0.2) is 58.9 Å². The lowest BCUT2D eigenvalue weighted by Gasteiger charge is -2.20. The molecular formula is C19H16N6O5. The molecule has 2 atom stereocenters. The standard InChI is InChI=1S/C19H16N6O5/c1-11-6-8-12(9-7-11)24-18(27)16-17(19(24)28)23(22-21-16)10-15(26)20-13-4-2-3-5-14(13)25(29)30/h2-9,16-17H,10H2,1H3,(H,20,26)/t16-,17+/m1/s1. The van der Waals surface area contributed by atoms with E-state index in [4.69, 9.17) is 0 Å². The van der Waals surface area contributed by atoms with E-state index in [0.29, 0.717) is 5.69 Å². The molecule has 0 aliphatic carbocycles. The van der Waals surface area contributed by atoms with E-state index in [1.165, 1.54) is 18.2 Å². The Balaban J connectivity index is 1.50. The Bertz CT molecular complexity index is 1080. The van der Waals surface area contributed by atoms with Crippen molar-refractivity contribution in [3.63, 3.8) is 0 Å². The van der Waals surface area contributed by atoms with E-state index >= 15 is 0 Å². The molecule has 30 heavy (non-hydrogen) atoms. The third-order valence-corrected chi connectivity index (χ3v) is 4.83. The SMILES string of the molecule is Cc1ccc(N2C(=O)[C@@H]3[C@@H](N=NN3CC(=O)Nc3ccccc3[N+](=O)[O-])C2=O)cc1. The summed E-state index contributed by atoms with van der Waals surface area (Å²) in [7, 11) is 0. The summed E-state index contributed by atoms with van der Waals surface area (Å²) in [5, 5.41) is 22.3. The Hall–Kier alpha value is -4.15. The topological polar surface area (TPSA) is 138 Å². The molecule has 2 aromatic carbocycles. The summed E-state index contributed by atoms with van der Waals surface area (Å²) >= 11 is 0. The predicted octanol–water partition coefficient (Wildman–Crippen LogP) is 1.84. The van der Waals surface area contributed by atoms with Gasteiger partial charge in [0.15, 0.2) is 12.1 Å². The number of benzene rings is 2. The van der Waals surface area contributed by atoms with Gasteiger partial charge in [-0.2, -0.15) is 5.11 Å². The first-order chi connectivity index (χ1) is 14.4. The van der Waals surface area contributed by atoms with E-state index < -0.39 is 41.3 Å². The second kappa shape index (κ2) is 7.35. The Labute approximate surface area is 170 Å². The van der Waals surface area contributed by atoms with Crippen LogP contribution in [0, 0.1) is 17.0 Å². The van der Waals surface area contributed by atoms with Gasteiger partial charge in [-0.15, -0.1) is 0 Å². The molecule has 4 rings (SSSR count). The van der Waals surface area contributed by atoms with E-state index in [-0.39, 0.29) is 11.4 Å². The number of fused-ring (bicyclic) bond motifs is 1. The molecule has 2 aliphatic rings. The van der Waals surface area contributed by atoms with Crippen LogP contribution >= 0.6 is 0 Å². The summed E-state index contributed by atoms with van der Waals surface area (Å²) in [6.45, 7) is 1.50. The van der Waals surface area contributed by atoms with Gasteiger partial charge < -0.3 is 5.32 Å². The number of nitrogens with zero attached hydrogens (tertiary/aromatic N) is 5. The lowest BCUT2D eigenvalue weighted by molar-refractivity contribution is -0.383. The van der Waals surface area contributed by atoms with E-state index in [2.05, 4.69) is 15.7 Å². The van der Waals surface area contributed by atoms with Crippen LogP contribution < -0.4 is 10.2 Å². The molecule has 0 spiro atoms. The van der Waals surface area contributed by atoms with Gasteiger partial charge in [0.25, 0.3) is 17.5 Å². The molecule has 3 amide bonds. The molecule has 152 valence electrons. The molecular weight excluding hydrogens is 392 g/mol. The molecule has 0 saturated carbocycles. The van der Waals surface area contributed by atoms with Crippen LogP contribution in [0.4, 0.5) is 17.1 Å². The van der Waals surface area contributed by atoms with Crippen LogP contribution in [0.5, 0.6) is 0 Å². The van der Waals surface area contributed by atoms with Gasteiger partial charge in [0.2, 0.25) is 5.91 Å². The molecule has 2 aromatic rings. The number of para-hydroxylation sites is 2. The first-order valence-electron chi connectivity index (χ1n) is 9.02. The highest BCUT2D eigenvalue weighted by atomic mass is 16.6. The average Bonchev–Trinajstić information content (AvgIpc) is 3.23. The molecule has 11 heteroatoms. The van der Waals surface area contributed by atoms with Gasteiger partial charge in [-0.3, -0.25) is 29.5 Å². The Morgan fingerprint density at radius 3 is 2.53 bits per heavy atom. The molecule has 1 saturated heterocycles. The highest BCUT2D eigenvalue weighted by Crippen LogP contribution is 2.32. The number of carbonyl (C=O) groups is 3. The lowest BCUT2D eigenvalue weighted by Crippen LogP contribution is -2.43. The van der Waals surface area contributed by atoms with Crippen LogP contribution in [-0.4, -0.2) is 46.3 Å². The van der Waals surface area contributed by atoms with Crippen LogP contribution in [0.1, 0.15) is 5.56 Å². The van der Waals surface area contributed by atoms with E-state index in [9.17, 15) is 24.5 Å². The van der Waals surface area contributed by atoms with Crippen molar-refractivity contribution in [3.05, 3.63) is 64.2 Å². The van der Waals surface area contributed by atoms with Crippen molar-refractivity contribution in [1.29, 1.82) is 0 Å². The number of hydrogen-bond acceptors (Lipinski definition) is 8. The quantitative estimate of drug-likeness (QED) is 0.455. The fraction of sp³-hybridized carbons (Fsp3) is 0.211. The zero-order valence-electron chi connectivity index (χ0n) is 15.8. The van der Waals surface area contributed by atoms with Crippen molar-refractivity contribution >= 4 is 34.8 Å². The Morgan fingerprint density at radius 1 is 1.13 bits per heavy atom. The minimum absolute atomic E-state index is 0.0234. The Kier molecular flexibility index (Phi) is 4.70. The van der Waals surface area contributed by atoms with Crippen LogP contribution in [-0.2, 0) is 14.4 Å². The maximum atomic E-state index is 12.9. The smallest absolute Gasteiger partial charge is 0.292 e. The summed E-state index contributed by atoms with van der Waals surface area (Å²) < 4.78 is 0. The predicted molar refractivity (Wildman–Crippen MR) is 105 cm³/mol. The first kappa shape index (κ1) is 19.2. The van der Waals surface area contributed by atoms with Crippen LogP contribution in [0.2, 0.25) is 0 Å². The van der Waals surface area contributed by atoms with Crippen LogP contribution in [0.3, 0.4) is 0 Å². The fourth-order valence-corrected chi connectivity index (χ4v) is 3.38. The number of nitrogens with one attached hydrogen (secondary N) is 1. The van der Waals surface area contributed by atoms with Crippen molar-refractivity contribution in [2.75, 3.05) is 16.8 Å². The lowest BCUT2D eigenvalue weighted by atomic mass is 10.1. The minimum Gasteiger partial charge on any atom is -0.319 e. The second-order valence-electron chi connectivity index (χ2n) is 6.86. The number of anilines is 2. The Morgan fingerprint density at radius 2 is 1.83 bits per heavy atom. The number of amides is 3. The zero-order chi connectivity index (χ0) is 21.4. The van der Waals surface area contributed by atoms with E-state index in [0.717, 1.165) is 15.5 Å². The number of hydrogen-bond donors (Lipinski definition) is 1. The monoisotopic (exact) mass is 408 g/mol. The van der Waals surface area contributed by atoms with Crippen LogP contribution in [0.25, 0.3) is 0 Å². The molecule has 2 aliphatic heterocycles. The summed E-state index contributed by atoms with van der Waals surface area (Å²) in [6.07, 6.45) is 0. The van der Waals surface area contributed by atoms with Crippen molar-refractivity contribution < 1.29 is 19.3 Å². The van der Waals surface area contributed by atoms with E-state index in [1.54, 1.807) is 30.3 Å². The largest absolute Gasteiger partial charge is 0.319 e. The molecule has 0 aromatic heterocycles. The van der Waals surface area contributed by atoms with Crippen molar-refractivity contribution in [2.24, 2.45) is 10.3 Å². The van der Waals surface area contributed by atoms with Gasteiger partial charge in [0.1, 0.15) is 12.2 Å². The summed E-state index contributed by atoms with van der Waals surface area (Å²) in [5.74, 6) is -1.67. The molecule has 1 fully saturated rings. The van der Waals surface area contributed by atoms with Gasteiger partial charge in [-0.05, 0) is 25.1 Å². The van der Waals surface area contributed by atoms with Crippen molar-refractivity contribution in [1.82, 2.24) is 5.01 Å². The molecule has 0 radical (unpaired) electrons. The summed E-state index contributed by atoms with van der Waals surface area (Å²) in [4.78, 5) is 49.5. The molecule has 0 unspecified atom stereocenters. The van der Waals surface area contributed by atoms with Gasteiger partial charge in [0, 0.05) is 6.07 Å². The average molecular weight is 408 g/mol. The number of nitro groups is 1. The zero-order valence-corrected chi connectivity index (χ0v) is 15.8. The van der Waals surface area contributed by atoms with Gasteiger partial charge in [-0.25, -0.2) is 4.90 Å². The minimum atomic E-state index is -1.03. The highest BCUT2D eigenvalue weighted by molar-refractivity contribution is 6.25. The molecule has 0 bridgehead atoms. The van der Waals surface area contributed by atoms with Gasteiger partial charge in [0.05, 0.1) is 10.6 Å². The van der Waals surface area contributed by atoms with Crippen molar-refractivity contribution in [3.8, 4) is 0 Å². The molecule has 11 nitrogen and oxygen atoms in total. The number of imide groups is 1. The number of rotatable bonds is 5. The number of carbonyl (C=O) groups excluding carboxylic acids is 3. The third-order valence-electron chi connectivity index (χ3n) is 4.83. The summed E-state index contributed by atoms with van der Waals surface area (Å²) in [5.41, 5.74) is 1.16. The van der Waals surface area contributed by atoms with Gasteiger partial charge >= 0.3 is 0 Å². The summed E-state index contributed by atoms with van der Waals surface area (Å²) in [6, 6.07) is 10.5. The van der Waals surface area contributed by atoms with Crippen molar-refractivity contribution in [2.45, 2.75) is 19.0 Å². The molecule has 2 heterocycles. The maximum Gasteiger partial charge on any atom is 0.292 e. The second-order valence-corrected chi connectivity index (χ2v) is 6.86. The normalized spacial score (nSPS) is 19.9.